The first kappa shape index (κ1) is 14.1. The summed E-state index contributed by atoms with van der Waals surface area (Å²) < 4.78 is 36.8. The summed E-state index contributed by atoms with van der Waals surface area (Å²) in [4.78, 5) is 11.5. The summed E-state index contributed by atoms with van der Waals surface area (Å²) in [6.45, 7) is 0. The fraction of sp³-hybridized carbons (Fsp3) is 0.100. The number of nitrogens with zero attached hydrogens (tertiary/aromatic N) is 2. The van der Waals surface area contributed by atoms with Gasteiger partial charge in [0.25, 0.3) is 0 Å². The minimum absolute atomic E-state index is 0.0231. The molecule has 0 fully saturated rings. The third-order valence-electron chi connectivity index (χ3n) is 2.01. The lowest BCUT2D eigenvalue weighted by molar-refractivity contribution is -0.138. The number of phenols is 1. The molecule has 20 heavy (non-hydrogen) atoms. The molecule has 0 saturated carbocycles. The minimum atomic E-state index is -4.59. The van der Waals surface area contributed by atoms with Crippen LogP contribution in [0.2, 0.25) is 0 Å². The molecule has 0 atom stereocenters. The molecule has 0 spiro atoms. The fourth-order valence-electron chi connectivity index (χ4n) is 1.19. The molecule has 0 aliphatic heterocycles. The van der Waals surface area contributed by atoms with Crippen molar-refractivity contribution in [3.63, 3.8) is 0 Å². The van der Waals surface area contributed by atoms with E-state index in [-0.39, 0.29) is 22.2 Å². The highest BCUT2D eigenvalue weighted by atomic mass is 32.1. The number of anilines is 2. The molecule has 106 valence electrons. The molecular weight excluding hydrogens is 297 g/mol. The summed E-state index contributed by atoms with van der Waals surface area (Å²) >= 11 is 0.222. The number of rotatable bonds is 2. The molecule has 10 heteroatoms. The smallest absolute Gasteiger partial charge is 0.445 e. The van der Waals surface area contributed by atoms with Crippen LogP contribution in [0.1, 0.15) is 5.01 Å². The Hall–Kier alpha value is -2.36. The summed E-state index contributed by atoms with van der Waals surface area (Å²) in [5, 5.41) is 18.3. The van der Waals surface area contributed by atoms with Crippen LogP contribution in [0, 0.1) is 0 Å². The van der Waals surface area contributed by atoms with Gasteiger partial charge >= 0.3 is 12.2 Å². The Morgan fingerprint density at radius 2 is 1.80 bits per heavy atom. The lowest BCUT2D eigenvalue weighted by Crippen LogP contribution is -2.19. The van der Waals surface area contributed by atoms with Crippen molar-refractivity contribution in [1.29, 1.82) is 0 Å². The molecule has 2 rings (SSSR count). The number of aromatic nitrogens is 2. The molecule has 1 heterocycles. The predicted octanol–water partition coefficient (Wildman–Crippen LogP) is 2.91. The molecule has 0 saturated heterocycles. The van der Waals surface area contributed by atoms with E-state index < -0.39 is 17.2 Å². The van der Waals surface area contributed by atoms with Crippen molar-refractivity contribution in [2.75, 3.05) is 10.6 Å². The Balaban J connectivity index is 1.98. The van der Waals surface area contributed by atoms with Crippen LogP contribution in [0.25, 0.3) is 0 Å². The average molecular weight is 304 g/mol. The van der Waals surface area contributed by atoms with Gasteiger partial charge in [0.15, 0.2) is 0 Å². The highest BCUT2D eigenvalue weighted by Gasteiger charge is 2.35. The number of urea groups is 1. The van der Waals surface area contributed by atoms with Gasteiger partial charge in [-0.15, -0.1) is 10.2 Å². The number of carbonyl (C=O) groups excluding carboxylic acids is 1. The summed E-state index contributed by atoms with van der Waals surface area (Å²) in [7, 11) is 0. The number of hydrogen-bond donors (Lipinski definition) is 3. The van der Waals surface area contributed by atoms with E-state index in [1.54, 1.807) is 0 Å². The molecule has 0 aliphatic carbocycles. The van der Waals surface area contributed by atoms with E-state index in [9.17, 15) is 18.0 Å². The van der Waals surface area contributed by atoms with Crippen LogP contribution < -0.4 is 10.6 Å². The zero-order chi connectivity index (χ0) is 14.8. The third-order valence-corrected chi connectivity index (χ3v) is 2.90. The number of phenolic OH excluding ortho intramolecular Hbond substituents is 1. The molecule has 2 aromatic rings. The van der Waals surface area contributed by atoms with Gasteiger partial charge in [-0.05, 0) is 24.3 Å². The van der Waals surface area contributed by atoms with E-state index in [2.05, 4.69) is 20.8 Å². The van der Waals surface area contributed by atoms with Crippen LogP contribution in [0.3, 0.4) is 0 Å². The quantitative estimate of drug-likeness (QED) is 0.744. The lowest BCUT2D eigenvalue weighted by atomic mass is 10.3. The van der Waals surface area contributed by atoms with Crippen molar-refractivity contribution in [3.05, 3.63) is 29.3 Å². The topological polar surface area (TPSA) is 87.1 Å². The van der Waals surface area contributed by atoms with Gasteiger partial charge in [-0.3, -0.25) is 5.32 Å². The molecule has 0 radical (unpaired) electrons. The number of alkyl halides is 3. The van der Waals surface area contributed by atoms with Crippen LogP contribution in [-0.4, -0.2) is 21.3 Å². The van der Waals surface area contributed by atoms with Crippen molar-refractivity contribution < 1.29 is 23.1 Å². The predicted molar refractivity (Wildman–Crippen MR) is 65.7 cm³/mol. The number of halogens is 3. The second-order valence-electron chi connectivity index (χ2n) is 3.54. The third kappa shape index (κ3) is 3.57. The van der Waals surface area contributed by atoms with Crippen molar-refractivity contribution in [1.82, 2.24) is 10.2 Å². The van der Waals surface area contributed by atoms with E-state index >= 15 is 0 Å². The molecule has 1 aromatic heterocycles. The van der Waals surface area contributed by atoms with Gasteiger partial charge in [-0.25, -0.2) is 4.79 Å². The van der Waals surface area contributed by atoms with Crippen LogP contribution in [0.5, 0.6) is 5.75 Å². The van der Waals surface area contributed by atoms with Crippen LogP contribution in [0.15, 0.2) is 24.3 Å². The molecule has 1 aromatic carbocycles. The van der Waals surface area contributed by atoms with Crippen LogP contribution in [-0.2, 0) is 6.18 Å². The van der Waals surface area contributed by atoms with Gasteiger partial charge < -0.3 is 10.4 Å². The zero-order valence-corrected chi connectivity index (χ0v) is 10.4. The monoisotopic (exact) mass is 304 g/mol. The fourth-order valence-corrected chi connectivity index (χ4v) is 1.80. The molecule has 3 N–H and O–H groups in total. The second kappa shape index (κ2) is 5.33. The number of carbonyl (C=O) groups is 1. The number of amides is 2. The first-order chi connectivity index (χ1) is 9.34. The maximum atomic E-state index is 12.3. The highest BCUT2D eigenvalue weighted by molar-refractivity contribution is 7.15. The Morgan fingerprint density at radius 1 is 1.15 bits per heavy atom. The number of nitrogens with one attached hydrogen (secondary N) is 2. The first-order valence-electron chi connectivity index (χ1n) is 5.12. The highest BCUT2D eigenvalue weighted by Crippen LogP contribution is 2.32. The number of hydrogen-bond acceptors (Lipinski definition) is 5. The summed E-state index contributed by atoms with van der Waals surface area (Å²) in [6.07, 6.45) is -4.59. The minimum Gasteiger partial charge on any atom is -0.508 e. The van der Waals surface area contributed by atoms with E-state index in [0.29, 0.717) is 5.69 Å². The normalized spacial score (nSPS) is 11.2. The molecule has 0 unspecified atom stereocenters. The summed E-state index contributed by atoms with van der Waals surface area (Å²) in [6, 6.07) is 4.79. The van der Waals surface area contributed by atoms with E-state index in [1.807, 2.05) is 0 Å². The van der Waals surface area contributed by atoms with Crippen molar-refractivity contribution in [2.24, 2.45) is 0 Å². The van der Waals surface area contributed by atoms with Crippen LogP contribution in [0.4, 0.5) is 28.8 Å². The Kier molecular flexibility index (Phi) is 3.74. The van der Waals surface area contributed by atoms with Crippen molar-refractivity contribution >= 4 is 28.2 Å². The second-order valence-corrected chi connectivity index (χ2v) is 4.51. The van der Waals surface area contributed by atoms with E-state index in [1.165, 1.54) is 24.3 Å². The van der Waals surface area contributed by atoms with Crippen LogP contribution >= 0.6 is 11.3 Å². The first-order valence-corrected chi connectivity index (χ1v) is 5.94. The van der Waals surface area contributed by atoms with Gasteiger partial charge in [-0.2, -0.15) is 13.2 Å². The van der Waals surface area contributed by atoms with E-state index in [0.717, 1.165) is 0 Å². The molecule has 0 aliphatic rings. The molecule has 2 amide bonds. The summed E-state index contributed by atoms with van der Waals surface area (Å²) in [5.74, 6) is 0.0231. The standard InChI is InChI=1S/C10H7F3N4O2S/c11-10(12,13)7-16-17-9(20-7)15-8(19)14-5-1-3-6(18)4-2-5/h1-4,18H,(H2,14,15,17,19). The maximum absolute atomic E-state index is 12.3. The Labute approximate surface area is 114 Å². The number of benzene rings is 1. The SMILES string of the molecule is O=C(Nc1ccc(O)cc1)Nc1nnc(C(F)(F)F)s1. The van der Waals surface area contributed by atoms with Crippen molar-refractivity contribution in [3.8, 4) is 5.75 Å². The van der Waals surface area contributed by atoms with Gasteiger partial charge in [0.1, 0.15) is 5.75 Å². The average Bonchev–Trinajstić information content (AvgIpc) is 2.80. The lowest BCUT2D eigenvalue weighted by Gasteiger charge is -2.04. The number of aromatic hydroxyl groups is 1. The van der Waals surface area contributed by atoms with E-state index in [4.69, 9.17) is 5.11 Å². The largest absolute Gasteiger partial charge is 0.508 e. The van der Waals surface area contributed by atoms with Gasteiger partial charge in [0.2, 0.25) is 10.1 Å². The Bertz CT molecular complexity index is 612. The van der Waals surface area contributed by atoms with Gasteiger partial charge in [0, 0.05) is 5.69 Å². The molecule has 6 nitrogen and oxygen atoms in total. The Morgan fingerprint density at radius 3 is 2.35 bits per heavy atom. The van der Waals surface area contributed by atoms with Crippen molar-refractivity contribution in [2.45, 2.75) is 6.18 Å². The maximum Gasteiger partial charge on any atom is 0.445 e. The molecule has 0 bridgehead atoms. The van der Waals surface area contributed by atoms with Gasteiger partial charge in [-0.1, -0.05) is 11.3 Å². The van der Waals surface area contributed by atoms with Gasteiger partial charge in [0.05, 0.1) is 0 Å². The summed E-state index contributed by atoms with van der Waals surface area (Å²) in [5.41, 5.74) is 0.362. The zero-order valence-electron chi connectivity index (χ0n) is 9.60. The molecular formula is C10H7F3N4O2S.